The van der Waals surface area contributed by atoms with E-state index in [0.717, 1.165) is 0 Å². The summed E-state index contributed by atoms with van der Waals surface area (Å²) >= 11 is 5.94. The molecule has 108 valence electrons. The first kappa shape index (κ1) is 15.0. The van der Waals surface area contributed by atoms with Crippen LogP contribution in [0.15, 0.2) is 48.5 Å². The second kappa shape index (κ2) is 6.37. The van der Waals surface area contributed by atoms with Crippen molar-refractivity contribution in [2.45, 2.75) is 6.92 Å². The van der Waals surface area contributed by atoms with Crippen molar-refractivity contribution in [3.8, 4) is 0 Å². The first-order valence-electron chi connectivity index (χ1n) is 6.35. The van der Waals surface area contributed by atoms with Gasteiger partial charge >= 0.3 is 0 Å². The summed E-state index contributed by atoms with van der Waals surface area (Å²) in [6.45, 7) is 2.32. The van der Waals surface area contributed by atoms with Crippen LogP contribution in [0.1, 0.15) is 17.3 Å². The largest absolute Gasteiger partial charge is 0.309 e. The normalized spacial score (nSPS) is 10.2. The van der Waals surface area contributed by atoms with Gasteiger partial charge in [0.25, 0.3) is 11.6 Å². The molecule has 21 heavy (non-hydrogen) atoms. The predicted octanol–water partition coefficient (Wildman–Crippen LogP) is 3.91. The number of nitro groups is 1. The van der Waals surface area contributed by atoms with Gasteiger partial charge in [0.15, 0.2) is 0 Å². The molecule has 5 nitrogen and oxygen atoms in total. The van der Waals surface area contributed by atoms with Crippen molar-refractivity contribution in [2.24, 2.45) is 0 Å². The van der Waals surface area contributed by atoms with Crippen molar-refractivity contribution >= 4 is 28.9 Å². The number of hydrogen-bond acceptors (Lipinski definition) is 3. The van der Waals surface area contributed by atoms with E-state index in [4.69, 9.17) is 11.6 Å². The first-order valence-corrected chi connectivity index (χ1v) is 6.72. The van der Waals surface area contributed by atoms with E-state index in [2.05, 4.69) is 0 Å². The van der Waals surface area contributed by atoms with Crippen LogP contribution >= 0.6 is 11.6 Å². The summed E-state index contributed by atoms with van der Waals surface area (Å²) in [6.07, 6.45) is 0. The molecule has 0 unspecified atom stereocenters. The third-order valence-corrected chi connectivity index (χ3v) is 3.24. The Morgan fingerprint density at radius 1 is 1.24 bits per heavy atom. The Hall–Kier alpha value is -2.40. The Morgan fingerprint density at radius 2 is 1.90 bits per heavy atom. The Balaban J connectivity index is 2.30. The highest BCUT2D eigenvalue weighted by Crippen LogP contribution is 2.22. The summed E-state index contributed by atoms with van der Waals surface area (Å²) < 4.78 is 0. The number of non-ortho nitro benzene ring substituents is 1. The third-order valence-electron chi connectivity index (χ3n) is 3.01. The molecule has 0 aromatic heterocycles. The minimum absolute atomic E-state index is 0.0441. The number of carbonyl (C=O) groups excluding carboxylic acids is 1. The molecule has 0 fully saturated rings. The Morgan fingerprint density at radius 3 is 2.43 bits per heavy atom. The monoisotopic (exact) mass is 304 g/mol. The molecule has 2 aromatic rings. The van der Waals surface area contributed by atoms with Crippen molar-refractivity contribution in [1.82, 2.24) is 0 Å². The molecule has 0 aliphatic carbocycles. The number of rotatable bonds is 4. The fourth-order valence-corrected chi connectivity index (χ4v) is 2.15. The van der Waals surface area contributed by atoms with Gasteiger partial charge < -0.3 is 4.90 Å². The van der Waals surface area contributed by atoms with E-state index in [1.54, 1.807) is 29.2 Å². The molecular formula is C15H13ClN2O3. The van der Waals surface area contributed by atoms with E-state index in [-0.39, 0.29) is 11.6 Å². The molecule has 6 heteroatoms. The lowest BCUT2D eigenvalue weighted by atomic mass is 10.1. The molecule has 0 aliphatic heterocycles. The van der Waals surface area contributed by atoms with Crippen LogP contribution in [0.25, 0.3) is 0 Å². The zero-order valence-electron chi connectivity index (χ0n) is 11.3. The molecule has 0 saturated heterocycles. The number of nitro benzene ring substituents is 1. The van der Waals surface area contributed by atoms with Crippen LogP contribution in [0.2, 0.25) is 5.02 Å². The van der Waals surface area contributed by atoms with Gasteiger partial charge in [0.1, 0.15) is 0 Å². The van der Waals surface area contributed by atoms with Crippen molar-refractivity contribution in [1.29, 1.82) is 0 Å². The Bertz CT molecular complexity index is 671. The lowest BCUT2D eigenvalue weighted by Gasteiger charge is -2.21. The maximum Gasteiger partial charge on any atom is 0.269 e. The number of benzene rings is 2. The molecule has 0 atom stereocenters. The molecule has 0 aliphatic rings. The number of anilines is 1. The van der Waals surface area contributed by atoms with E-state index in [1.807, 2.05) is 6.92 Å². The summed E-state index contributed by atoms with van der Waals surface area (Å²) in [5.41, 5.74) is 1.04. The molecule has 0 heterocycles. The highest BCUT2D eigenvalue weighted by Gasteiger charge is 2.17. The second-order valence-corrected chi connectivity index (χ2v) is 4.77. The first-order chi connectivity index (χ1) is 10.0. The van der Waals surface area contributed by atoms with Crippen LogP contribution in [0.3, 0.4) is 0 Å². The standard InChI is InChI=1S/C15H13ClN2O3/c1-2-17(14-5-3-4-12(16)10-14)15(19)11-6-8-13(9-7-11)18(20)21/h3-10H,2H2,1H3. The van der Waals surface area contributed by atoms with Gasteiger partial charge in [-0.2, -0.15) is 0 Å². The number of nitrogens with zero attached hydrogens (tertiary/aromatic N) is 2. The van der Waals surface area contributed by atoms with E-state index in [9.17, 15) is 14.9 Å². The van der Waals surface area contributed by atoms with Gasteiger partial charge in [-0.05, 0) is 37.3 Å². The quantitative estimate of drug-likeness (QED) is 0.635. The smallest absolute Gasteiger partial charge is 0.269 e. The lowest BCUT2D eigenvalue weighted by Crippen LogP contribution is -2.30. The Labute approximate surface area is 126 Å². The van der Waals surface area contributed by atoms with Gasteiger partial charge in [0, 0.05) is 35.0 Å². The van der Waals surface area contributed by atoms with Crippen LogP contribution < -0.4 is 4.90 Å². The van der Waals surface area contributed by atoms with E-state index < -0.39 is 4.92 Å². The van der Waals surface area contributed by atoms with E-state index in [0.29, 0.717) is 22.8 Å². The number of carbonyl (C=O) groups is 1. The van der Waals surface area contributed by atoms with Crippen molar-refractivity contribution in [2.75, 3.05) is 11.4 Å². The molecule has 2 aromatic carbocycles. The topological polar surface area (TPSA) is 63.5 Å². The van der Waals surface area contributed by atoms with Gasteiger partial charge in [0.2, 0.25) is 0 Å². The molecule has 1 amide bonds. The van der Waals surface area contributed by atoms with Crippen molar-refractivity contribution in [3.63, 3.8) is 0 Å². The van der Waals surface area contributed by atoms with E-state index >= 15 is 0 Å². The lowest BCUT2D eigenvalue weighted by molar-refractivity contribution is -0.384. The summed E-state index contributed by atoms with van der Waals surface area (Å²) in [4.78, 5) is 24.2. The maximum atomic E-state index is 12.5. The molecule has 0 spiro atoms. The summed E-state index contributed by atoms with van der Waals surface area (Å²) in [7, 11) is 0. The van der Waals surface area contributed by atoms with Crippen LogP contribution in [-0.4, -0.2) is 17.4 Å². The van der Waals surface area contributed by atoms with Crippen LogP contribution in [0.5, 0.6) is 0 Å². The second-order valence-electron chi connectivity index (χ2n) is 4.33. The van der Waals surface area contributed by atoms with E-state index in [1.165, 1.54) is 24.3 Å². The summed E-state index contributed by atoms with van der Waals surface area (Å²) in [5, 5.41) is 11.2. The van der Waals surface area contributed by atoms with Crippen LogP contribution in [0.4, 0.5) is 11.4 Å². The van der Waals surface area contributed by atoms with Gasteiger partial charge in [-0.1, -0.05) is 17.7 Å². The van der Waals surface area contributed by atoms with Crippen molar-refractivity contribution < 1.29 is 9.72 Å². The fraction of sp³-hybridized carbons (Fsp3) is 0.133. The summed E-state index contributed by atoms with van der Waals surface area (Å²) in [6, 6.07) is 12.5. The highest BCUT2D eigenvalue weighted by molar-refractivity contribution is 6.31. The van der Waals surface area contributed by atoms with Crippen LogP contribution in [-0.2, 0) is 0 Å². The van der Waals surface area contributed by atoms with Crippen LogP contribution in [0, 0.1) is 10.1 Å². The number of hydrogen-bond donors (Lipinski definition) is 0. The highest BCUT2D eigenvalue weighted by atomic mass is 35.5. The van der Waals surface area contributed by atoms with Gasteiger partial charge in [-0.3, -0.25) is 14.9 Å². The third kappa shape index (κ3) is 3.38. The molecule has 0 radical (unpaired) electrons. The van der Waals surface area contributed by atoms with Gasteiger partial charge in [-0.15, -0.1) is 0 Å². The molecule has 0 N–H and O–H groups in total. The number of amides is 1. The summed E-state index contributed by atoms with van der Waals surface area (Å²) in [5.74, 6) is -0.227. The van der Waals surface area contributed by atoms with Crippen molar-refractivity contribution in [3.05, 3.63) is 69.2 Å². The number of halogens is 1. The molecule has 2 rings (SSSR count). The molecule has 0 bridgehead atoms. The Kier molecular flexibility index (Phi) is 4.55. The van der Waals surface area contributed by atoms with Gasteiger partial charge in [0.05, 0.1) is 4.92 Å². The average Bonchev–Trinajstić information content (AvgIpc) is 2.48. The minimum Gasteiger partial charge on any atom is -0.309 e. The fourth-order valence-electron chi connectivity index (χ4n) is 1.97. The zero-order valence-corrected chi connectivity index (χ0v) is 12.1. The predicted molar refractivity (Wildman–Crippen MR) is 81.9 cm³/mol. The SMILES string of the molecule is CCN(C(=O)c1ccc([N+](=O)[O-])cc1)c1cccc(Cl)c1. The maximum absolute atomic E-state index is 12.5. The zero-order chi connectivity index (χ0) is 15.4. The molecule has 0 saturated carbocycles. The average molecular weight is 305 g/mol. The molecular weight excluding hydrogens is 292 g/mol. The minimum atomic E-state index is -0.497. The van der Waals surface area contributed by atoms with Gasteiger partial charge in [-0.25, -0.2) is 0 Å².